The van der Waals surface area contributed by atoms with Gasteiger partial charge in [-0.05, 0) is 55.4 Å². The molecule has 8 nitrogen and oxygen atoms in total. The Balaban J connectivity index is 0.00000289. The van der Waals surface area contributed by atoms with Gasteiger partial charge in [0, 0.05) is 46.2 Å². The van der Waals surface area contributed by atoms with Gasteiger partial charge in [0.05, 0.1) is 12.7 Å². The summed E-state index contributed by atoms with van der Waals surface area (Å²) in [6.07, 6.45) is 0. The van der Waals surface area contributed by atoms with Crippen molar-refractivity contribution in [3.05, 3.63) is 63.8 Å². The van der Waals surface area contributed by atoms with E-state index in [1.807, 2.05) is 26.2 Å². The van der Waals surface area contributed by atoms with Crippen molar-refractivity contribution in [1.82, 2.24) is 15.2 Å². The van der Waals surface area contributed by atoms with Crippen LogP contribution in [-0.4, -0.2) is 45.4 Å². The average Bonchev–Trinajstić information content (AvgIpc) is 3.53. The third-order valence-electron chi connectivity index (χ3n) is 5.67. The number of nitrogens with one attached hydrogen (secondary N) is 2. The van der Waals surface area contributed by atoms with E-state index in [1.54, 1.807) is 11.4 Å². The van der Waals surface area contributed by atoms with Crippen molar-refractivity contribution in [2.75, 3.05) is 21.2 Å². The van der Waals surface area contributed by atoms with E-state index in [0.717, 1.165) is 23.1 Å². The van der Waals surface area contributed by atoms with Crippen LogP contribution in [0.1, 0.15) is 21.5 Å². The Kier molecular flexibility index (Phi) is 6.83. The Morgan fingerprint density at radius 1 is 1.14 bits per heavy atom. The number of methoxy groups -OCH3 is 1. The number of fused-ring (bicyclic) bond motifs is 2. The summed E-state index contributed by atoms with van der Waals surface area (Å²) in [5, 5.41) is 6.95. The molecule has 0 saturated heterocycles. The van der Waals surface area contributed by atoms with Crippen molar-refractivity contribution < 1.29 is 22.1 Å². The molecule has 0 fully saturated rings. The molecule has 4 aromatic rings. The highest BCUT2D eigenvalue weighted by Crippen LogP contribution is 2.43. The lowest BCUT2D eigenvalue weighted by molar-refractivity contribution is 0.0966. The first-order valence-corrected chi connectivity index (χ1v) is 12.9. The number of amides is 1. The molecule has 0 atom stereocenters. The number of aromatic amines is 1. The van der Waals surface area contributed by atoms with E-state index in [-0.39, 0.29) is 41.3 Å². The minimum atomic E-state index is -4.07. The van der Waals surface area contributed by atoms with E-state index in [0.29, 0.717) is 16.7 Å². The summed E-state index contributed by atoms with van der Waals surface area (Å²) in [6.45, 7) is 0.951. The Morgan fingerprint density at radius 2 is 1.94 bits per heavy atom. The average molecular weight is 534 g/mol. The normalized spacial score (nSPS) is 13.0. The second-order valence-electron chi connectivity index (χ2n) is 8.33. The van der Waals surface area contributed by atoms with Crippen LogP contribution in [0.5, 0.6) is 11.5 Å². The highest BCUT2D eigenvalue weighted by Gasteiger charge is 2.33. The molecule has 2 N–H and O–H groups in total. The third kappa shape index (κ3) is 4.62. The summed E-state index contributed by atoms with van der Waals surface area (Å²) < 4.78 is 36.6. The van der Waals surface area contributed by atoms with Gasteiger partial charge >= 0.3 is 10.1 Å². The van der Waals surface area contributed by atoms with Crippen molar-refractivity contribution in [3.8, 4) is 22.8 Å². The molecule has 2 aromatic heterocycles. The molecule has 2 aromatic carbocycles. The lowest BCUT2D eigenvalue weighted by Gasteiger charge is -2.16. The first-order valence-electron chi connectivity index (χ1n) is 10.5. The number of hydrogen-bond acceptors (Lipinski definition) is 7. The zero-order valence-corrected chi connectivity index (χ0v) is 21.7. The molecule has 1 aliphatic heterocycles. The largest absolute Gasteiger partial charge is 0.493 e. The van der Waals surface area contributed by atoms with Crippen molar-refractivity contribution in [3.63, 3.8) is 0 Å². The van der Waals surface area contributed by atoms with Crippen LogP contribution >= 0.6 is 23.7 Å². The molecule has 0 spiro atoms. The van der Waals surface area contributed by atoms with Crippen LogP contribution in [0.2, 0.25) is 0 Å². The molecule has 35 heavy (non-hydrogen) atoms. The maximum Gasteiger partial charge on any atom is 0.340 e. The number of carbonyl (C=O) groups is 1. The minimum absolute atomic E-state index is 0. The fourth-order valence-corrected chi connectivity index (χ4v) is 6.15. The second kappa shape index (κ2) is 9.54. The number of rotatable bonds is 7. The molecule has 1 amide bonds. The molecule has 11 heteroatoms. The summed E-state index contributed by atoms with van der Waals surface area (Å²) in [4.78, 5) is 18.4. The van der Waals surface area contributed by atoms with Gasteiger partial charge in [-0.15, -0.1) is 12.4 Å². The Labute approximate surface area is 213 Å². The molecule has 1 aliphatic rings. The van der Waals surface area contributed by atoms with Crippen molar-refractivity contribution in [1.29, 1.82) is 0 Å². The predicted molar refractivity (Wildman–Crippen MR) is 138 cm³/mol. The van der Waals surface area contributed by atoms with Crippen LogP contribution in [0, 0.1) is 0 Å². The standard InChI is InChI=1S/C24H23N3O5S2.ClH/c1-27(2)12-14-4-5-19-15(8-14)9-20(26-19)17-10-21(31-3)23(18-11-25-24(28)22(17)18)32-34(29,30)16-6-7-33-13-16;/h4-10,13,26H,11-12H2,1-3H3,(H,25,28);1H. The number of aromatic nitrogens is 1. The highest BCUT2D eigenvalue weighted by molar-refractivity contribution is 7.87. The van der Waals surface area contributed by atoms with Crippen molar-refractivity contribution in [2.45, 2.75) is 18.0 Å². The minimum Gasteiger partial charge on any atom is -0.493 e. The number of H-pyrrole nitrogens is 1. The molecule has 0 unspecified atom stereocenters. The van der Waals surface area contributed by atoms with Gasteiger partial charge in [-0.25, -0.2) is 0 Å². The van der Waals surface area contributed by atoms with Gasteiger partial charge in [-0.1, -0.05) is 6.07 Å². The lowest BCUT2D eigenvalue weighted by Crippen LogP contribution is -2.13. The smallest absolute Gasteiger partial charge is 0.340 e. The van der Waals surface area contributed by atoms with Crippen LogP contribution in [0.3, 0.4) is 0 Å². The van der Waals surface area contributed by atoms with Gasteiger partial charge in [0.25, 0.3) is 5.91 Å². The van der Waals surface area contributed by atoms with E-state index < -0.39 is 10.1 Å². The molecule has 0 bridgehead atoms. The molecule has 0 saturated carbocycles. The number of hydrogen-bond donors (Lipinski definition) is 2. The van der Waals surface area contributed by atoms with E-state index >= 15 is 0 Å². The first-order chi connectivity index (χ1) is 16.3. The van der Waals surface area contributed by atoms with Crippen molar-refractivity contribution >= 4 is 50.7 Å². The Morgan fingerprint density at radius 3 is 2.63 bits per heavy atom. The van der Waals surface area contributed by atoms with Crippen LogP contribution in [0.4, 0.5) is 0 Å². The predicted octanol–water partition coefficient (Wildman–Crippen LogP) is 4.40. The van der Waals surface area contributed by atoms with E-state index in [2.05, 4.69) is 27.3 Å². The number of carbonyl (C=O) groups excluding carboxylic acids is 1. The molecule has 5 rings (SSSR count). The molecular weight excluding hydrogens is 510 g/mol. The molecule has 0 radical (unpaired) electrons. The maximum atomic E-state index is 12.8. The summed E-state index contributed by atoms with van der Waals surface area (Å²) >= 11 is 1.25. The van der Waals surface area contributed by atoms with E-state index in [1.165, 1.54) is 35.5 Å². The summed E-state index contributed by atoms with van der Waals surface area (Å²) in [5.74, 6) is -0.0384. The van der Waals surface area contributed by atoms with Gasteiger partial charge in [-0.2, -0.15) is 19.8 Å². The second-order valence-corrected chi connectivity index (χ2v) is 10.7. The van der Waals surface area contributed by atoms with Crippen LogP contribution in [0.15, 0.2) is 52.1 Å². The highest BCUT2D eigenvalue weighted by atomic mass is 35.5. The van der Waals surface area contributed by atoms with Gasteiger partial charge < -0.3 is 24.1 Å². The van der Waals surface area contributed by atoms with Crippen LogP contribution in [-0.2, 0) is 23.2 Å². The quantitative estimate of drug-likeness (QED) is 0.341. The molecular formula is C24H24ClN3O5S2. The Hall–Kier alpha value is -3.05. The SMILES string of the molecule is COc1cc(-c2cc3cc(CN(C)C)ccc3[nH]2)c2c(c1OS(=O)(=O)c1ccsc1)CNC2=O.Cl. The molecule has 184 valence electrons. The number of halogens is 1. The van der Waals surface area contributed by atoms with Crippen LogP contribution in [0.25, 0.3) is 22.2 Å². The monoisotopic (exact) mass is 533 g/mol. The van der Waals surface area contributed by atoms with Gasteiger partial charge in [0.1, 0.15) is 4.90 Å². The van der Waals surface area contributed by atoms with Crippen LogP contribution < -0.4 is 14.2 Å². The van der Waals surface area contributed by atoms with E-state index in [9.17, 15) is 13.2 Å². The van der Waals surface area contributed by atoms with E-state index in [4.69, 9.17) is 8.92 Å². The zero-order valence-electron chi connectivity index (χ0n) is 19.2. The summed E-state index contributed by atoms with van der Waals surface area (Å²) in [6, 6.07) is 11.3. The van der Waals surface area contributed by atoms with Crippen molar-refractivity contribution in [2.24, 2.45) is 0 Å². The number of nitrogens with zero attached hydrogens (tertiary/aromatic N) is 1. The number of thiophene rings is 1. The fourth-order valence-electron chi connectivity index (χ4n) is 4.18. The molecule has 3 heterocycles. The van der Waals surface area contributed by atoms with Gasteiger partial charge in [0.2, 0.25) is 0 Å². The summed E-state index contributed by atoms with van der Waals surface area (Å²) in [5.41, 5.74) is 4.28. The molecule has 0 aliphatic carbocycles. The third-order valence-corrected chi connectivity index (χ3v) is 7.72. The number of benzene rings is 2. The lowest BCUT2D eigenvalue weighted by atomic mass is 9.98. The number of ether oxygens (including phenoxy) is 1. The topological polar surface area (TPSA) is 101 Å². The van der Waals surface area contributed by atoms with Gasteiger partial charge in [0.15, 0.2) is 11.5 Å². The Bertz CT molecular complexity index is 1510. The van der Waals surface area contributed by atoms with Gasteiger partial charge in [-0.3, -0.25) is 4.79 Å². The summed E-state index contributed by atoms with van der Waals surface area (Å²) in [7, 11) is 1.40. The fraction of sp³-hybridized carbons (Fsp3) is 0.208. The first kappa shape index (κ1) is 25.1. The maximum absolute atomic E-state index is 12.8. The zero-order chi connectivity index (χ0) is 24.0.